The quantitative estimate of drug-likeness (QED) is 0.747. The highest BCUT2D eigenvalue weighted by atomic mass is 35.5. The molecule has 1 aromatic heterocycles. The second-order valence-corrected chi connectivity index (χ2v) is 6.56. The summed E-state index contributed by atoms with van der Waals surface area (Å²) in [7, 11) is 0. The monoisotopic (exact) mass is 370 g/mol. The maximum Gasteiger partial charge on any atom is 0.258 e. The van der Waals surface area contributed by atoms with Crippen molar-refractivity contribution in [2.24, 2.45) is 0 Å². The number of anilines is 2. The number of aromatic nitrogens is 2. The molecule has 0 saturated carbocycles. The third-order valence-corrected chi connectivity index (χ3v) is 4.68. The van der Waals surface area contributed by atoms with E-state index >= 15 is 0 Å². The molecule has 0 radical (unpaired) electrons. The SMILES string of the molecule is O=C(Nc1nc2ccccc2nc1N1CCCC1)c1ccc(F)cc1Cl. The molecule has 1 N–H and O–H groups in total. The Bertz CT molecular complexity index is 988. The fourth-order valence-corrected chi connectivity index (χ4v) is 3.33. The van der Waals surface area contributed by atoms with Crippen molar-refractivity contribution >= 4 is 40.2 Å². The van der Waals surface area contributed by atoms with Gasteiger partial charge in [-0.15, -0.1) is 0 Å². The van der Waals surface area contributed by atoms with Crippen molar-refractivity contribution in [3.05, 3.63) is 58.9 Å². The van der Waals surface area contributed by atoms with Gasteiger partial charge in [-0.1, -0.05) is 23.7 Å². The predicted octanol–water partition coefficient (Wildman–Crippen LogP) is 4.27. The van der Waals surface area contributed by atoms with Crippen LogP contribution < -0.4 is 10.2 Å². The lowest BCUT2D eigenvalue weighted by Crippen LogP contribution is -2.23. The lowest BCUT2D eigenvalue weighted by molar-refractivity contribution is 0.102. The molecule has 0 aliphatic carbocycles. The summed E-state index contributed by atoms with van der Waals surface area (Å²) >= 11 is 6.01. The number of rotatable bonds is 3. The van der Waals surface area contributed by atoms with Gasteiger partial charge in [0.05, 0.1) is 21.6 Å². The number of fused-ring (bicyclic) bond motifs is 1. The maximum atomic E-state index is 13.2. The van der Waals surface area contributed by atoms with Crippen LogP contribution in [0.4, 0.5) is 16.0 Å². The molecule has 1 saturated heterocycles. The molecule has 0 atom stereocenters. The van der Waals surface area contributed by atoms with Gasteiger partial charge in [0.25, 0.3) is 5.91 Å². The topological polar surface area (TPSA) is 58.1 Å². The summed E-state index contributed by atoms with van der Waals surface area (Å²) in [5, 5.41) is 2.85. The van der Waals surface area contributed by atoms with Crippen LogP contribution in [0.15, 0.2) is 42.5 Å². The Morgan fingerprint density at radius 1 is 1.08 bits per heavy atom. The first-order valence-corrected chi connectivity index (χ1v) is 8.78. The Kier molecular flexibility index (Phi) is 4.42. The number of para-hydroxylation sites is 2. The van der Waals surface area contributed by atoms with Crippen LogP contribution in [0.5, 0.6) is 0 Å². The number of benzene rings is 2. The highest BCUT2D eigenvalue weighted by molar-refractivity contribution is 6.34. The molecular formula is C19H16ClFN4O. The molecule has 1 aliphatic rings. The van der Waals surface area contributed by atoms with Gasteiger partial charge in [-0.05, 0) is 43.2 Å². The third kappa shape index (κ3) is 3.20. The molecule has 3 aromatic rings. The van der Waals surface area contributed by atoms with Gasteiger partial charge in [0.1, 0.15) is 5.82 Å². The van der Waals surface area contributed by atoms with Crippen molar-refractivity contribution in [1.29, 1.82) is 0 Å². The summed E-state index contributed by atoms with van der Waals surface area (Å²) in [6.45, 7) is 1.74. The average Bonchev–Trinajstić information content (AvgIpc) is 3.15. The van der Waals surface area contributed by atoms with Crippen LogP contribution >= 0.6 is 11.6 Å². The summed E-state index contributed by atoms with van der Waals surface area (Å²) in [5.74, 6) is 0.0959. The Morgan fingerprint density at radius 3 is 2.46 bits per heavy atom. The van der Waals surface area contributed by atoms with E-state index in [0.29, 0.717) is 17.2 Å². The van der Waals surface area contributed by atoms with Gasteiger partial charge >= 0.3 is 0 Å². The Balaban J connectivity index is 1.74. The van der Waals surface area contributed by atoms with Gasteiger partial charge in [-0.3, -0.25) is 4.79 Å². The van der Waals surface area contributed by atoms with Crippen molar-refractivity contribution in [2.45, 2.75) is 12.8 Å². The minimum atomic E-state index is -0.491. The van der Waals surface area contributed by atoms with Crippen LogP contribution in [0.2, 0.25) is 5.02 Å². The highest BCUT2D eigenvalue weighted by Crippen LogP contribution is 2.29. The highest BCUT2D eigenvalue weighted by Gasteiger charge is 2.22. The van der Waals surface area contributed by atoms with E-state index in [-0.39, 0.29) is 10.6 Å². The Morgan fingerprint density at radius 2 is 1.77 bits per heavy atom. The van der Waals surface area contributed by atoms with Crippen LogP contribution in [0.3, 0.4) is 0 Å². The fourth-order valence-electron chi connectivity index (χ4n) is 3.07. The molecule has 2 aromatic carbocycles. The average molecular weight is 371 g/mol. The first kappa shape index (κ1) is 16.7. The zero-order chi connectivity index (χ0) is 18.1. The first-order valence-electron chi connectivity index (χ1n) is 8.40. The molecule has 1 amide bonds. The minimum absolute atomic E-state index is 0.0546. The lowest BCUT2D eigenvalue weighted by Gasteiger charge is -2.20. The van der Waals surface area contributed by atoms with E-state index in [1.54, 1.807) is 0 Å². The summed E-state index contributed by atoms with van der Waals surface area (Å²) < 4.78 is 13.2. The Labute approximate surface area is 154 Å². The molecule has 2 heterocycles. The number of amides is 1. The normalized spacial score (nSPS) is 14.0. The number of halogens is 2. The lowest BCUT2D eigenvalue weighted by atomic mass is 10.2. The number of nitrogens with one attached hydrogen (secondary N) is 1. The van der Waals surface area contributed by atoms with Crippen LogP contribution in [-0.4, -0.2) is 29.0 Å². The molecule has 1 fully saturated rings. The number of hydrogen-bond acceptors (Lipinski definition) is 4. The number of hydrogen-bond donors (Lipinski definition) is 1. The van der Waals surface area contributed by atoms with Gasteiger partial charge in [0, 0.05) is 13.1 Å². The molecule has 132 valence electrons. The van der Waals surface area contributed by atoms with E-state index in [4.69, 9.17) is 16.6 Å². The van der Waals surface area contributed by atoms with Crippen LogP contribution in [0.1, 0.15) is 23.2 Å². The molecule has 0 unspecified atom stereocenters. The van der Waals surface area contributed by atoms with Crippen molar-refractivity contribution in [1.82, 2.24) is 9.97 Å². The molecule has 1 aliphatic heterocycles. The van der Waals surface area contributed by atoms with E-state index in [0.717, 1.165) is 37.5 Å². The van der Waals surface area contributed by atoms with Gasteiger partial charge in [0.2, 0.25) is 0 Å². The molecule has 4 rings (SSSR count). The zero-order valence-electron chi connectivity index (χ0n) is 13.9. The summed E-state index contributed by atoms with van der Waals surface area (Å²) in [6, 6.07) is 11.2. The standard InChI is InChI=1S/C19H16ClFN4O/c20-14-11-12(21)7-8-13(14)19(26)24-17-18(25-9-3-4-10-25)23-16-6-2-1-5-15(16)22-17/h1-2,5-8,11H,3-4,9-10H2,(H,22,24,26). The van der Waals surface area contributed by atoms with Gasteiger partial charge in [-0.25, -0.2) is 14.4 Å². The van der Waals surface area contributed by atoms with E-state index in [2.05, 4.69) is 15.2 Å². The molecule has 26 heavy (non-hydrogen) atoms. The smallest absolute Gasteiger partial charge is 0.258 e. The molecular weight excluding hydrogens is 355 g/mol. The third-order valence-electron chi connectivity index (χ3n) is 4.37. The van der Waals surface area contributed by atoms with E-state index in [1.165, 1.54) is 12.1 Å². The minimum Gasteiger partial charge on any atom is -0.354 e. The summed E-state index contributed by atoms with van der Waals surface area (Å²) in [4.78, 5) is 24.0. The molecule has 0 spiro atoms. The van der Waals surface area contributed by atoms with Gasteiger partial charge in [-0.2, -0.15) is 0 Å². The molecule has 7 heteroatoms. The number of nitrogens with zero attached hydrogens (tertiary/aromatic N) is 3. The van der Waals surface area contributed by atoms with E-state index in [9.17, 15) is 9.18 Å². The largest absolute Gasteiger partial charge is 0.354 e. The fraction of sp³-hybridized carbons (Fsp3) is 0.211. The van der Waals surface area contributed by atoms with Crippen LogP contribution in [-0.2, 0) is 0 Å². The van der Waals surface area contributed by atoms with Gasteiger partial charge in [0.15, 0.2) is 11.6 Å². The maximum absolute atomic E-state index is 13.2. The van der Waals surface area contributed by atoms with Gasteiger partial charge < -0.3 is 10.2 Å². The van der Waals surface area contributed by atoms with Crippen LogP contribution in [0, 0.1) is 5.82 Å². The Hall–Kier alpha value is -2.73. The number of carbonyl (C=O) groups is 1. The zero-order valence-corrected chi connectivity index (χ0v) is 14.6. The van der Waals surface area contributed by atoms with Crippen molar-refractivity contribution in [3.8, 4) is 0 Å². The molecule has 0 bridgehead atoms. The van der Waals surface area contributed by atoms with E-state index < -0.39 is 11.7 Å². The van der Waals surface area contributed by atoms with Crippen LogP contribution in [0.25, 0.3) is 11.0 Å². The second kappa shape index (κ2) is 6.88. The number of carbonyl (C=O) groups excluding carboxylic acids is 1. The summed E-state index contributed by atoms with van der Waals surface area (Å²) in [6.07, 6.45) is 2.15. The first-order chi connectivity index (χ1) is 12.6. The predicted molar refractivity (Wildman–Crippen MR) is 100 cm³/mol. The summed E-state index contributed by atoms with van der Waals surface area (Å²) in [5.41, 5.74) is 1.65. The second-order valence-electron chi connectivity index (χ2n) is 6.16. The van der Waals surface area contributed by atoms with Crippen molar-refractivity contribution < 1.29 is 9.18 Å². The van der Waals surface area contributed by atoms with Crippen molar-refractivity contribution in [3.63, 3.8) is 0 Å². The van der Waals surface area contributed by atoms with Crippen molar-refractivity contribution in [2.75, 3.05) is 23.3 Å². The van der Waals surface area contributed by atoms with E-state index in [1.807, 2.05) is 24.3 Å². The molecule has 5 nitrogen and oxygen atoms in total.